The molecule has 1 atom stereocenters. The summed E-state index contributed by atoms with van der Waals surface area (Å²) in [6.45, 7) is 9.28. The van der Waals surface area contributed by atoms with Crippen LogP contribution in [0.1, 0.15) is 48.0 Å². The van der Waals surface area contributed by atoms with Crippen molar-refractivity contribution in [2.75, 3.05) is 22.9 Å². The van der Waals surface area contributed by atoms with Gasteiger partial charge in [-0.15, -0.1) is 0 Å². The molecule has 2 aromatic heterocycles. The van der Waals surface area contributed by atoms with Gasteiger partial charge in [-0.05, 0) is 56.5 Å². The Balaban J connectivity index is 1.40. The molecular formula is C25H30N4O2. The average Bonchev–Trinajstić information content (AvgIpc) is 3.38. The monoisotopic (exact) mass is 418 g/mol. The lowest BCUT2D eigenvalue weighted by atomic mass is 10.1. The fourth-order valence-corrected chi connectivity index (χ4v) is 4.22. The summed E-state index contributed by atoms with van der Waals surface area (Å²) in [5.41, 5.74) is 4.12. The number of carbonyl (C=O) groups is 1. The molecule has 1 amide bonds. The molecule has 0 fully saturated rings. The molecule has 0 aliphatic carbocycles. The van der Waals surface area contributed by atoms with Gasteiger partial charge in [-0.2, -0.15) is 0 Å². The molecule has 1 N–H and O–H groups in total. The normalized spacial score (nSPS) is 15.1. The number of rotatable bonds is 8. The minimum absolute atomic E-state index is 0.128. The molecule has 1 aliphatic heterocycles. The maximum Gasteiger partial charge on any atom is 0.255 e. The molecule has 0 saturated carbocycles. The van der Waals surface area contributed by atoms with Crippen LogP contribution in [0, 0.1) is 0 Å². The number of nitrogens with one attached hydrogen (secondary N) is 1. The molecule has 162 valence electrons. The zero-order valence-electron chi connectivity index (χ0n) is 18.5. The first-order chi connectivity index (χ1) is 15.1. The summed E-state index contributed by atoms with van der Waals surface area (Å²) >= 11 is 0. The molecule has 0 spiro atoms. The lowest BCUT2D eigenvalue weighted by Gasteiger charge is -2.24. The first-order valence-corrected chi connectivity index (χ1v) is 11.0. The van der Waals surface area contributed by atoms with Crippen molar-refractivity contribution in [1.29, 1.82) is 0 Å². The largest absolute Gasteiger partial charge is 0.467 e. The first-order valence-electron chi connectivity index (χ1n) is 11.0. The second-order valence-electron chi connectivity index (χ2n) is 7.95. The molecule has 0 radical (unpaired) electrons. The Morgan fingerprint density at radius 3 is 2.74 bits per heavy atom. The summed E-state index contributed by atoms with van der Waals surface area (Å²) in [7, 11) is 0. The van der Waals surface area contributed by atoms with Gasteiger partial charge in [0.2, 0.25) is 0 Å². The lowest BCUT2D eigenvalue weighted by molar-refractivity contribution is 0.0949. The third kappa shape index (κ3) is 4.43. The maximum absolute atomic E-state index is 12.9. The van der Waals surface area contributed by atoms with Crippen molar-refractivity contribution in [3.8, 4) is 0 Å². The van der Waals surface area contributed by atoms with Crippen molar-refractivity contribution in [3.63, 3.8) is 0 Å². The predicted octanol–water partition coefficient (Wildman–Crippen LogP) is 4.40. The van der Waals surface area contributed by atoms with Crippen LogP contribution in [0.5, 0.6) is 0 Å². The van der Waals surface area contributed by atoms with E-state index in [1.165, 1.54) is 11.3 Å². The number of hydrogen-bond donors (Lipinski definition) is 1. The molecule has 31 heavy (non-hydrogen) atoms. The maximum atomic E-state index is 12.9. The van der Waals surface area contributed by atoms with E-state index in [1.54, 1.807) is 12.3 Å². The Bertz CT molecular complexity index is 1020. The summed E-state index contributed by atoms with van der Waals surface area (Å²) < 4.78 is 5.71. The van der Waals surface area contributed by atoms with Gasteiger partial charge in [0.1, 0.15) is 11.6 Å². The van der Waals surface area contributed by atoms with Crippen LogP contribution in [0.15, 0.2) is 59.3 Å². The van der Waals surface area contributed by atoms with E-state index in [0.717, 1.165) is 30.9 Å². The van der Waals surface area contributed by atoms with Crippen LogP contribution in [-0.4, -0.2) is 30.0 Å². The summed E-state index contributed by atoms with van der Waals surface area (Å²) in [5, 5.41) is 3.00. The zero-order valence-corrected chi connectivity index (χ0v) is 18.5. The highest BCUT2D eigenvalue weighted by Crippen LogP contribution is 2.33. The lowest BCUT2D eigenvalue weighted by Crippen LogP contribution is -2.30. The van der Waals surface area contributed by atoms with Crippen LogP contribution in [0.4, 0.5) is 11.5 Å². The predicted molar refractivity (Wildman–Crippen MR) is 123 cm³/mol. The number of furan rings is 1. The number of nitrogens with zero attached hydrogens (tertiary/aromatic N) is 3. The Morgan fingerprint density at radius 1 is 1.19 bits per heavy atom. The summed E-state index contributed by atoms with van der Waals surface area (Å²) in [6.07, 6.45) is 4.43. The Labute approximate surface area is 183 Å². The topological polar surface area (TPSA) is 61.6 Å². The van der Waals surface area contributed by atoms with E-state index in [9.17, 15) is 4.79 Å². The third-order valence-corrected chi connectivity index (χ3v) is 6.00. The fraction of sp³-hybridized carbons (Fsp3) is 0.360. The van der Waals surface area contributed by atoms with E-state index in [1.807, 2.05) is 18.3 Å². The Kier molecular flexibility index (Phi) is 6.26. The highest BCUT2D eigenvalue weighted by Gasteiger charge is 2.27. The van der Waals surface area contributed by atoms with Gasteiger partial charge in [-0.3, -0.25) is 4.79 Å². The molecule has 3 aromatic rings. The number of aromatic nitrogens is 1. The number of amides is 1. The summed E-state index contributed by atoms with van der Waals surface area (Å²) in [6, 6.07) is 14.6. The highest BCUT2D eigenvalue weighted by atomic mass is 16.3. The molecule has 1 unspecified atom stereocenters. The van der Waals surface area contributed by atoms with Crippen molar-refractivity contribution >= 4 is 17.4 Å². The summed E-state index contributed by atoms with van der Waals surface area (Å²) in [5.74, 6) is 1.52. The van der Waals surface area contributed by atoms with Crippen LogP contribution >= 0.6 is 0 Å². The van der Waals surface area contributed by atoms with E-state index < -0.39 is 0 Å². The Morgan fingerprint density at radius 2 is 2.00 bits per heavy atom. The van der Waals surface area contributed by atoms with E-state index in [-0.39, 0.29) is 5.91 Å². The smallest absolute Gasteiger partial charge is 0.255 e. The van der Waals surface area contributed by atoms with Crippen molar-refractivity contribution in [2.45, 2.75) is 46.3 Å². The third-order valence-electron chi connectivity index (χ3n) is 6.00. The molecule has 6 nitrogen and oxygen atoms in total. The molecule has 0 saturated heterocycles. The van der Waals surface area contributed by atoms with Gasteiger partial charge in [0.05, 0.1) is 18.4 Å². The van der Waals surface area contributed by atoms with Crippen LogP contribution in [0.3, 0.4) is 0 Å². The van der Waals surface area contributed by atoms with E-state index in [4.69, 9.17) is 4.42 Å². The van der Waals surface area contributed by atoms with E-state index in [2.05, 4.69) is 65.1 Å². The van der Waals surface area contributed by atoms with E-state index >= 15 is 0 Å². The second-order valence-corrected chi connectivity index (χ2v) is 7.95. The van der Waals surface area contributed by atoms with Gasteiger partial charge in [0.15, 0.2) is 0 Å². The molecule has 0 bridgehead atoms. The molecule has 4 rings (SSSR count). The molecule has 6 heteroatoms. The van der Waals surface area contributed by atoms with Crippen molar-refractivity contribution in [3.05, 3.63) is 77.4 Å². The summed E-state index contributed by atoms with van der Waals surface area (Å²) in [4.78, 5) is 21.9. The average molecular weight is 419 g/mol. The van der Waals surface area contributed by atoms with Crippen molar-refractivity contribution < 1.29 is 9.21 Å². The van der Waals surface area contributed by atoms with Gasteiger partial charge in [0, 0.05) is 37.6 Å². The highest BCUT2D eigenvalue weighted by molar-refractivity contribution is 5.95. The van der Waals surface area contributed by atoms with Crippen LogP contribution in [-0.2, 0) is 19.5 Å². The second kappa shape index (κ2) is 9.25. The van der Waals surface area contributed by atoms with Crippen LogP contribution < -0.4 is 15.1 Å². The van der Waals surface area contributed by atoms with Crippen LogP contribution in [0.25, 0.3) is 0 Å². The van der Waals surface area contributed by atoms with Gasteiger partial charge in [-0.1, -0.05) is 24.3 Å². The minimum atomic E-state index is -0.128. The number of anilines is 2. The number of para-hydroxylation sites is 1. The molecule has 1 aliphatic rings. The minimum Gasteiger partial charge on any atom is -0.467 e. The first kappa shape index (κ1) is 21.0. The number of benzene rings is 1. The fourth-order valence-electron chi connectivity index (χ4n) is 4.22. The SMILES string of the molecule is CCN(CC)c1ccc(CNC(=O)c2ccoc2CN2c3ccccc3CC2C)cn1. The quantitative estimate of drug-likeness (QED) is 0.587. The number of hydrogen-bond acceptors (Lipinski definition) is 5. The molecular weight excluding hydrogens is 388 g/mol. The van der Waals surface area contributed by atoms with Crippen LogP contribution in [0.2, 0.25) is 0 Å². The zero-order chi connectivity index (χ0) is 21.8. The van der Waals surface area contributed by atoms with Crippen molar-refractivity contribution in [1.82, 2.24) is 10.3 Å². The van der Waals surface area contributed by atoms with Gasteiger partial charge < -0.3 is 19.5 Å². The number of fused-ring (bicyclic) bond motifs is 1. The Hall–Kier alpha value is -3.28. The van der Waals surface area contributed by atoms with Crippen molar-refractivity contribution in [2.24, 2.45) is 0 Å². The number of pyridine rings is 1. The van der Waals surface area contributed by atoms with E-state index in [0.29, 0.717) is 30.5 Å². The van der Waals surface area contributed by atoms with Gasteiger partial charge in [-0.25, -0.2) is 4.98 Å². The number of carbonyl (C=O) groups excluding carboxylic acids is 1. The molecule has 1 aromatic carbocycles. The molecule has 3 heterocycles. The standard InChI is InChI=1S/C25H30N4O2/c1-4-28(5-2)24-11-10-19(15-26-24)16-27-25(30)21-12-13-31-23(21)17-29-18(3)14-20-8-6-7-9-22(20)29/h6-13,15,18H,4-5,14,16-17H2,1-3H3,(H,27,30). The van der Waals surface area contributed by atoms with Gasteiger partial charge in [0.25, 0.3) is 5.91 Å². The van der Waals surface area contributed by atoms with Gasteiger partial charge >= 0.3 is 0 Å².